The first-order chi connectivity index (χ1) is 9.69. The van der Waals surface area contributed by atoms with E-state index in [1.54, 1.807) is 18.2 Å². The normalized spacial score (nSPS) is 18.7. The SMILES string of the molecule is NC1(c2nc(-c3ccccc3F)no2)CCCCCC1. The molecule has 0 bridgehead atoms. The van der Waals surface area contributed by atoms with Crippen LogP contribution in [0.2, 0.25) is 0 Å². The lowest BCUT2D eigenvalue weighted by atomic mass is 9.91. The van der Waals surface area contributed by atoms with Crippen molar-refractivity contribution in [1.82, 2.24) is 10.1 Å². The molecule has 0 amide bonds. The van der Waals surface area contributed by atoms with Crippen LogP contribution in [0, 0.1) is 5.82 Å². The van der Waals surface area contributed by atoms with Gasteiger partial charge in [-0.2, -0.15) is 4.98 Å². The largest absolute Gasteiger partial charge is 0.337 e. The fourth-order valence-electron chi connectivity index (χ4n) is 2.75. The van der Waals surface area contributed by atoms with E-state index in [4.69, 9.17) is 10.3 Å². The molecular formula is C15H18FN3O. The molecule has 0 radical (unpaired) electrons. The van der Waals surface area contributed by atoms with Crippen LogP contribution in [0.4, 0.5) is 4.39 Å². The first-order valence-corrected chi connectivity index (χ1v) is 7.07. The van der Waals surface area contributed by atoms with E-state index in [9.17, 15) is 4.39 Å². The standard InChI is InChI=1S/C15H18FN3O/c16-12-8-4-3-7-11(12)13-18-14(20-19-13)15(17)9-5-1-2-6-10-15/h3-4,7-8H,1-2,5-6,9-10,17H2. The molecule has 106 valence electrons. The summed E-state index contributed by atoms with van der Waals surface area (Å²) in [5.41, 5.74) is 6.20. The summed E-state index contributed by atoms with van der Waals surface area (Å²) in [4.78, 5) is 4.34. The second kappa shape index (κ2) is 5.32. The van der Waals surface area contributed by atoms with Crippen molar-refractivity contribution in [3.05, 3.63) is 36.0 Å². The lowest BCUT2D eigenvalue weighted by Crippen LogP contribution is -2.36. The van der Waals surface area contributed by atoms with Crippen LogP contribution in [-0.4, -0.2) is 10.1 Å². The van der Waals surface area contributed by atoms with Crippen LogP contribution in [0.1, 0.15) is 44.4 Å². The highest BCUT2D eigenvalue weighted by atomic mass is 19.1. The number of halogens is 1. The third-order valence-corrected chi connectivity index (χ3v) is 3.96. The van der Waals surface area contributed by atoms with Gasteiger partial charge in [-0.3, -0.25) is 0 Å². The van der Waals surface area contributed by atoms with Gasteiger partial charge in [0.1, 0.15) is 5.82 Å². The highest BCUT2D eigenvalue weighted by molar-refractivity contribution is 5.54. The number of nitrogens with two attached hydrogens (primary N) is 1. The Labute approximate surface area is 117 Å². The van der Waals surface area contributed by atoms with Crippen molar-refractivity contribution >= 4 is 0 Å². The topological polar surface area (TPSA) is 64.9 Å². The average Bonchev–Trinajstić information content (AvgIpc) is 2.84. The molecule has 2 N–H and O–H groups in total. The van der Waals surface area contributed by atoms with Crippen LogP contribution >= 0.6 is 0 Å². The van der Waals surface area contributed by atoms with Gasteiger partial charge in [-0.1, -0.05) is 43.0 Å². The lowest BCUT2D eigenvalue weighted by Gasteiger charge is -2.22. The maximum Gasteiger partial charge on any atom is 0.247 e. The number of benzene rings is 1. The Morgan fingerprint density at radius 3 is 2.50 bits per heavy atom. The minimum atomic E-state index is -0.562. The number of nitrogens with zero attached hydrogens (tertiary/aromatic N) is 2. The summed E-state index contributed by atoms with van der Waals surface area (Å²) in [5, 5.41) is 3.89. The van der Waals surface area contributed by atoms with Gasteiger partial charge in [0.25, 0.3) is 0 Å². The zero-order chi connectivity index (χ0) is 14.0. The molecule has 2 aromatic rings. The van der Waals surface area contributed by atoms with Crippen LogP contribution in [0.25, 0.3) is 11.4 Å². The molecule has 5 heteroatoms. The van der Waals surface area contributed by atoms with Gasteiger partial charge in [-0.15, -0.1) is 0 Å². The summed E-state index contributed by atoms with van der Waals surface area (Å²) in [6.45, 7) is 0. The molecule has 1 fully saturated rings. The van der Waals surface area contributed by atoms with Gasteiger partial charge in [0, 0.05) is 0 Å². The monoisotopic (exact) mass is 275 g/mol. The molecule has 1 aliphatic carbocycles. The van der Waals surface area contributed by atoms with Crippen LogP contribution < -0.4 is 5.73 Å². The van der Waals surface area contributed by atoms with E-state index in [1.165, 1.54) is 18.9 Å². The molecule has 1 heterocycles. The van der Waals surface area contributed by atoms with Gasteiger partial charge < -0.3 is 10.3 Å². The van der Waals surface area contributed by atoms with Crippen molar-refractivity contribution in [1.29, 1.82) is 0 Å². The van der Waals surface area contributed by atoms with Gasteiger partial charge >= 0.3 is 0 Å². The molecule has 4 nitrogen and oxygen atoms in total. The zero-order valence-electron chi connectivity index (χ0n) is 11.3. The summed E-state index contributed by atoms with van der Waals surface area (Å²) in [5.74, 6) is 0.344. The van der Waals surface area contributed by atoms with Crippen molar-refractivity contribution in [3.63, 3.8) is 0 Å². The van der Waals surface area contributed by atoms with E-state index in [-0.39, 0.29) is 11.6 Å². The number of hydrogen-bond donors (Lipinski definition) is 1. The summed E-state index contributed by atoms with van der Waals surface area (Å²) in [6.07, 6.45) is 6.18. The van der Waals surface area contributed by atoms with Gasteiger partial charge in [-0.25, -0.2) is 4.39 Å². The van der Waals surface area contributed by atoms with Crippen LogP contribution in [0.3, 0.4) is 0 Å². The van der Waals surface area contributed by atoms with Crippen LogP contribution in [0.5, 0.6) is 0 Å². The Morgan fingerprint density at radius 1 is 1.10 bits per heavy atom. The van der Waals surface area contributed by atoms with E-state index >= 15 is 0 Å². The second-order valence-electron chi connectivity index (χ2n) is 5.47. The van der Waals surface area contributed by atoms with E-state index in [0.29, 0.717) is 11.5 Å². The maximum atomic E-state index is 13.7. The number of rotatable bonds is 2. The Kier molecular flexibility index (Phi) is 3.53. The molecule has 1 aliphatic rings. The molecule has 1 saturated carbocycles. The highest BCUT2D eigenvalue weighted by Crippen LogP contribution is 2.33. The Morgan fingerprint density at radius 2 is 1.80 bits per heavy atom. The molecule has 0 aliphatic heterocycles. The smallest absolute Gasteiger partial charge is 0.247 e. The Balaban J connectivity index is 1.92. The molecule has 20 heavy (non-hydrogen) atoms. The predicted molar refractivity (Wildman–Crippen MR) is 73.3 cm³/mol. The van der Waals surface area contributed by atoms with Gasteiger partial charge in [0.2, 0.25) is 11.7 Å². The third-order valence-electron chi connectivity index (χ3n) is 3.96. The molecular weight excluding hydrogens is 257 g/mol. The van der Waals surface area contributed by atoms with Crippen molar-refractivity contribution < 1.29 is 8.91 Å². The van der Waals surface area contributed by atoms with Crippen molar-refractivity contribution in [2.75, 3.05) is 0 Å². The number of aromatic nitrogens is 2. The van der Waals surface area contributed by atoms with Crippen LogP contribution in [0.15, 0.2) is 28.8 Å². The third kappa shape index (κ3) is 2.45. The predicted octanol–water partition coefficient (Wildman–Crippen LogP) is 3.38. The van der Waals surface area contributed by atoms with Crippen molar-refractivity contribution in [2.24, 2.45) is 5.73 Å². The van der Waals surface area contributed by atoms with E-state index in [0.717, 1.165) is 25.7 Å². The molecule has 3 rings (SSSR count). The van der Waals surface area contributed by atoms with Gasteiger partial charge in [0.05, 0.1) is 11.1 Å². The summed E-state index contributed by atoms with van der Waals surface area (Å²) in [6, 6.07) is 6.41. The summed E-state index contributed by atoms with van der Waals surface area (Å²) >= 11 is 0. The van der Waals surface area contributed by atoms with Gasteiger partial charge in [-0.05, 0) is 25.0 Å². The van der Waals surface area contributed by atoms with Crippen molar-refractivity contribution in [3.8, 4) is 11.4 Å². The van der Waals surface area contributed by atoms with E-state index in [1.807, 2.05) is 0 Å². The quantitative estimate of drug-likeness (QED) is 0.853. The maximum absolute atomic E-state index is 13.7. The molecule has 1 aromatic carbocycles. The average molecular weight is 275 g/mol. The van der Waals surface area contributed by atoms with Crippen LogP contribution in [-0.2, 0) is 5.54 Å². The van der Waals surface area contributed by atoms with E-state index < -0.39 is 5.54 Å². The summed E-state index contributed by atoms with van der Waals surface area (Å²) in [7, 11) is 0. The first kappa shape index (κ1) is 13.2. The number of hydrogen-bond acceptors (Lipinski definition) is 4. The minimum absolute atomic E-state index is 0.271. The zero-order valence-corrected chi connectivity index (χ0v) is 11.3. The molecule has 0 spiro atoms. The highest BCUT2D eigenvalue weighted by Gasteiger charge is 2.34. The van der Waals surface area contributed by atoms with Crippen molar-refractivity contribution in [2.45, 2.75) is 44.1 Å². The minimum Gasteiger partial charge on any atom is -0.337 e. The molecule has 0 saturated heterocycles. The van der Waals surface area contributed by atoms with E-state index in [2.05, 4.69) is 10.1 Å². The first-order valence-electron chi connectivity index (χ1n) is 7.07. The molecule has 1 aromatic heterocycles. The lowest BCUT2D eigenvalue weighted by molar-refractivity contribution is 0.257. The fourth-order valence-corrected chi connectivity index (χ4v) is 2.75. The Bertz CT molecular complexity index is 588. The molecule has 0 atom stereocenters. The summed E-state index contributed by atoms with van der Waals surface area (Å²) < 4.78 is 19.1. The second-order valence-corrected chi connectivity index (χ2v) is 5.47. The fraction of sp³-hybridized carbons (Fsp3) is 0.467. The molecule has 0 unspecified atom stereocenters. The van der Waals surface area contributed by atoms with Gasteiger partial charge in [0.15, 0.2) is 0 Å². The Hall–Kier alpha value is -1.75.